The fourth-order valence-electron chi connectivity index (χ4n) is 2.94. The van der Waals surface area contributed by atoms with Crippen molar-refractivity contribution in [3.8, 4) is 6.07 Å². The van der Waals surface area contributed by atoms with Crippen LogP contribution in [-0.2, 0) is 11.3 Å². The number of aromatic nitrogens is 1. The number of hydrogen-bond donors (Lipinski definition) is 1. The van der Waals surface area contributed by atoms with Crippen LogP contribution in [0.25, 0.3) is 0 Å². The number of hydrogen-bond acceptors (Lipinski definition) is 5. The Morgan fingerprint density at radius 1 is 1.17 bits per heavy atom. The van der Waals surface area contributed by atoms with Crippen molar-refractivity contribution in [1.82, 2.24) is 9.88 Å². The third kappa shape index (κ3) is 4.71. The number of pyridine rings is 1. The topological polar surface area (TPSA) is 118 Å². The SMILES string of the molecule is N#Cc1cc([N+](=O)[O-])cn(CC(=O)N[C@@H](c2ccccc2)c2ccc(Cl)cc2)c1=O. The Kier molecular flexibility index (Phi) is 6.25. The van der Waals surface area contributed by atoms with E-state index in [2.05, 4.69) is 5.32 Å². The summed E-state index contributed by atoms with van der Waals surface area (Å²) >= 11 is 5.95. The summed E-state index contributed by atoms with van der Waals surface area (Å²) in [6, 6.07) is 18.1. The molecule has 1 aromatic heterocycles. The second-order valence-corrected chi connectivity index (χ2v) is 6.81. The number of carbonyl (C=O) groups is 1. The van der Waals surface area contributed by atoms with Crippen molar-refractivity contribution in [3.05, 3.63) is 109 Å². The number of halogens is 1. The van der Waals surface area contributed by atoms with E-state index in [1.54, 1.807) is 30.3 Å². The maximum atomic E-state index is 12.7. The molecule has 30 heavy (non-hydrogen) atoms. The summed E-state index contributed by atoms with van der Waals surface area (Å²) < 4.78 is 0.857. The second kappa shape index (κ2) is 9.03. The minimum absolute atomic E-state index is 0.408. The Hall–Kier alpha value is -3.96. The summed E-state index contributed by atoms with van der Waals surface area (Å²) in [6.07, 6.45) is 0.947. The van der Waals surface area contributed by atoms with Crippen molar-refractivity contribution in [2.45, 2.75) is 12.6 Å². The Balaban J connectivity index is 1.91. The van der Waals surface area contributed by atoms with Gasteiger partial charge in [-0.1, -0.05) is 54.1 Å². The van der Waals surface area contributed by atoms with Gasteiger partial charge in [0.15, 0.2) is 0 Å². The van der Waals surface area contributed by atoms with Crippen molar-refractivity contribution in [2.75, 3.05) is 0 Å². The summed E-state index contributed by atoms with van der Waals surface area (Å²) in [4.78, 5) is 35.4. The molecule has 0 fully saturated rings. The molecule has 0 unspecified atom stereocenters. The molecule has 0 saturated carbocycles. The summed E-state index contributed by atoms with van der Waals surface area (Å²) in [5, 5.41) is 23.5. The molecule has 3 aromatic rings. The number of amides is 1. The van der Waals surface area contributed by atoms with Gasteiger partial charge >= 0.3 is 0 Å². The molecule has 0 aliphatic carbocycles. The minimum atomic E-state index is -0.777. The molecule has 8 nitrogen and oxygen atoms in total. The highest BCUT2D eigenvalue weighted by Gasteiger charge is 2.19. The maximum Gasteiger partial charge on any atom is 0.287 e. The molecule has 0 saturated heterocycles. The first-order valence-corrected chi connectivity index (χ1v) is 9.15. The van der Waals surface area contributed by atoms with Gasteiger partial charge in [-0.25, -0.2) is 0 Å². The van der Waals surface area contributed by atoms with E-state index in [-0.39, 0.29) is 0 Å². The Labute approximate surface area is 176 Å². The maximum absolute atomic E-state index is 12.7. The molecule has 2 aromatic carbocycles. The molecule has 0 aliphatic heterocycles. The quantitative estimate of drug-likeness (QED) is 0.483. The molecule has 1 heterocycles. The van der Waals surface area contributed by atoms with Crippen molar-refractivity contribution >= 4 is 23.2 Å². The van der Waals surface area contributed by atoms with Crippen molar-refractivity contribution < 1.29 is 9.72 Å². The summed E-state index contributed by atoms with van der Waals surface area (Å²) in [7, 11) is 0. The molecule has 150 valence electrons. The molecular weight excluding hydrogens is 408 g/mol. The zero-order chi connectivity index (χ0) is 21.7. The van der Waals surface area contributed by atoms with Gasteiger partial charge in [-0.15, -0.1) is 0 Å². The zero-order valence-corrected chi connectivity index (χ0v) is 16.2. The van der Waals surface area contributed by atoms with Gasteiger partial charge in [-0.05, 0) is 23.3 Å². The van der Waals surface area contributed by atoms with Crippen molar-refractivity contribution in [3.63, 3.8) is 0 Å². The van der Waals surface area contributed by atoms with Crippen molar-refractivity contribution in [1.29, 1.82) is 5.26 Å². The standard InChI is InChI=1S/C21H15ClN4O4/c22-17-8-6-15(7-9-17)20(14-4-2-1-3-5-14)24-19(27)13-25-12-18(26(29)30)10-16(11-23)21(25)28/h1-10,12,20H,13H2,(H,24,27)/t20-/m0/s1. The van der Waals surface area contributed by atoms with E-state index in [1.807, 2.05) is 30.3 Å². The molecule has 0 radical (unpaired) electrons. The number of nitriles is 1. The molecule has 0 spiro atoms. The third-order valence-electron chi connectivity index (χ3n) is 4.36. The number of rotatable bonds is 6. The van der Waals surface area contributed by atoms with Gasteiger partial charge in [0, 0.05) is 11.1 Å². The first kappa shape index (κ1) is 20.8. The van der Waals surface area contributed by atoms with Crippen LogP contribution >= 0.6 is 11.6 Å². The monoisotopic (exact) mass is 422 g/mol. The van der Waals surface area contributed by atoms with Gasteiger partial charge in [0.2, 0.25) is 5.91 Å². The fraction of sp³-hybridized carbons (Fsp3) is 0.0952. The summed E-state index contributed by atoms with van der Waals surface area (Å²) in [5.74, 6) is -0.551. The summed E-state index contributed by atoms with van der Waals surface area (Å²) in [6.45, 7) is -0.480. The lowest BCUT2D eigenvalue weighted by Crippen LogP contribution is -2.35. The number of nitro groups is 1. The molecule has 1 atom stereocenters. The van der Waals surface area contributed by atoms with E-state index in [0.717, 1.165) is 28.0 Å². The average Bonchev–Trinajstić information content (AvgIpc) is 2.74. The Morgan fingerprint density at radius 3 is 2.40 bits per heavy atom. The second-order valence-electron chi connectivity index (χ2n) is 6.38. The van der Waals surface area contributed by atoms with Crippen LogP contribution in [-0.4, -0.2) is 15.4 Å². The van der Waals surface area contributed by atoms with Crippen LogP contribution in [0.2, 0.25) is 5.02 Å². The first-order chi connectivity index (χ1) is 14.4. The van der Waals surface area contributed by atoms with E-state index in [4.69, 9.17) is 16.9 Å². The van der Waals surface area contributed by atoms with E-state index >= 15 is 0 Å². The molecular formula is C21H15ClN4O4. The lowest BCUT2D eigenvalue weighted by atomic mass is 9.98. The van der Waals surface area contributed by atoms with Crippen LogP contribution in [0.5, 0.6) is 0 Å². The van der Waals surface area contributed by atoms with Gasteiger partial charge in [0.1, 0.15) is 18.2 Å². The molecule has 9 heteroatoms. The van der Waals surface area contributed by atoms with Gasteiger partial charge in [0.25, 0.3) is 11.2 Å². The molecule has 1 amide bonds. The van der Waals surface area contributed by atoms with E-state index < -0.39 is 40.2 Å². The number of nitrogens with zero attached hydrogens (tertiary/aromatic N) is 3. The normalized spacial score (nSPS) is 11.3. The lowest BCUT2D eigenvalue weighted by molar-refractivity contribution is -0.385. The van der Waals surface area contributed by atoms with E-state index in [9.17, 15) is 19.7 Å². The van der Waals surface area contributed by atoms with Crippen LogP contribution in [0.15, 0.2) is 71.7 Å². The van der Waals surface area contributed by atoms with E-state index in [1.165, 1.54) is 0 Å². The number of benzene rings is 2. The van der Waals surface area contributed by atoms with Gasteiger partial charge in [-0.3, -0.25) is 24.3 Å². The van der Waals surface area contributed by atoms with Crippen LogP contribution in [0.1, 0.15) is 22.7 Å². The van der Waals surface area contributed by atoms with Gasteiger partial charge in [0.05, 0.1) is 17.2 Å². The minimum Gasteiger partial charge on any atom is -0.344 e. The highest BCUT2D eigenvalue weighted by Crippen LogP contribution is 2.23. The lowest BCUT2D eigenvalue weighted by Gasteiger charge is -2.20. The summed E-state index contributed by atoms with van der Waals surface area (Å²) in [5.41, 5.74) is -0.0631. The molecule has 0 aliphatic rings. The van der Waals surface area contributed by atoms with Crippen LogP contribution < -0.4 is 10.9 Å². The predicted octanol–water partition coefficient (Wildman–Crippen LogP) is 3.19. The zero-order valence-electron chi connectivity index (χ0n) is 15.5. The third-order valence-corrected chi connectivity index (χ3v) is 4.61. The van der Waals surface area contributed by atoms with Crippen molar-refractivity contribution in [2.24, 2.45) is 0 Å². The van der Waals surface area contributed by atoms with Crippen LogP contribution in [0.3, 0.4) is 0 Å². The fourth-order valence-corrected chi connectivity index (χ4v) is 3.06. The predicted molar refractivity (Wildman–Crippen MR) is 110 cm³/mol. The average molecular weight is 423 g/mol. The van der Waals surface area contributed by atoms with E-state index in [0.29, 0.717) is 5.02 Å². The molecule has 3 rings (SSSR count). The highest BCUT2D eigenvalue weighted by atomic mass is 35.5. The number of carbonyl (C=O) groups excluding carboxylic acids is 1. The van der Waals surface area contributed by atoms with Crippen LogP contribution in [0, 0.1) is 21.4 Å². The Morgan fingerprint density at radius 2 is 1.80 bits per heavy atom. The smallest absolute Gasteiger partial charge is 0.287 e. The molecule has 0 bridgehead atoms. The Bertz CT molecular complexity index is 1180. The number of nitrogens with one attached hydrogen (secondary N) is 1. The van der Waals surface area contributed by atoms with Crippen LogP contribution in [0.4, 0.5) is 5.69 Å². The highest BCUT2D eigenvalue weighted by molar-refractivity contribution is 6.30. The van der Waals surface area contributed by atoms with Gasteiger partial charge < -0.3 is 5.32 Å². The largest absolute Gasteiger partial charge is 0.344 e. The molecule has 1 N–H and O–H groups in total. The first-order valence-electron chi connectivity index (χ1n) is 8.78. The van der Waals surface area contributed by atoms with Gasteiger partial charge in [-0.2, -0.15) is 5.26 Å².